The molecule has 0 heterocycles. The van der Waals surface area contributed by atoms with Gasteiger partial charge in [0, 0.05) is 30.1 Å². The van der Waals surface area contributed by atoms with E-state index in [-0.39, 0.29) is 0 Å². The maximum Gasteiger partial charge on any atom is 0.172 e. The first kappa shape index (κ1) is 8.79. The first-order chi connectivity index (χ1) is 4.91. The van der Waals surface area contributed by atoms with E-state index < -0.39 is 0 Å². The minimum Gasteiger partial charge on any atom is -0.269 e. The average molecular weight is 152 g/mol. The zero-order valence-corrected chi connectivity index (χ0v) is 6.12. The molecule has 0 aliphatic carbocycles. The third-order valence-electron chi connectivity index (χ3n) is 0.392. The molecule has 0 aliphatic rings. The van der Waals surface area contributed by atoms with E-state index in [1.54, 1.807) is 6.26 Å². The van der Waals surface area contributed by atoms with Crippen molar-refractivity contribution in [1.82, 2.24) is 0 Å². The summed E-state index contributed by atoms with van der Waals surface area (Å²) in [6.45, 7) is 0. The Kier molecular flexibility index (Phi) is 6.85. The lowest BCUT2D eigenvalue weighted by molar-refractivity contribution is -0.112. The average Bonchev–Trinajstić information content (AvgIpc) is 1.97. The second-order valence-electron chi connectivity index (χ2n) is 0.939. The minimum atomic E-state index is 1.05. The van der Waals surface area contributed by atoms with Gasteiger partial charge in [-0.1, -0.05) is 0 Å². The second-order valence-corrected chi connectivity index (χ2v) is 1.41. The van der Waals surface area contributed by atoms with Gasteiger partial charge in [0.25, 0.3) is 0 Å². The standard InChI is InChI=1S/C7H4O2S/c1-3-4-5-6-7-8-9-10-2/h1H,2H3. The van der Waals surface area contributed by atoms with Gasteiger partial charge in [-0.3, -0.25) is 4.89 Å². The molecule has 0 amide bonds. The molecular formula is C7H4O2S. The van der Waals surface area contributed by atoms with Crippen LogP contribution >= 0.6 is 12.0 Å². The van der Waals surface area contributed by atoms with Crippen LogP contribution < -0.4 is 0 Å². The highest BCUT2D eigenvalue weighted by atomic mass is 32.2. The van der Waals surface area contributed by atoms with E-state index in [2.05, 4.69) is 39.0 Å². The quantitative estimate of drug-likeness (QED) is 0.192. The summed E-state index contributed by atoms with van der Waals surface area (Å²) in [5.74, 6) is 9.02. The van der Waals surface area contributed by atoms with Crippen molar-refractivity contribution in [1.29, 1.82) is 0 Å². The first-order valence-corrected chi connectivity index (χ1v) is 3.38. The fourth-order valence-corrected chi connectivity index (χ4v) is 0.267. The zero-order valence-electron chi connectivity index (χ0n) is 5.30. The molecule has 0 aromatic carbocycles. The summed E-state index contributed by atoms with van der Waals surface area (Å²) in [7, 11) is 0. The maximum atomic E-state index is 4.80. The molecule has 0 aliphatic heterocycles. The molecule has 0 spiro atoms. The van der Waals surface area contributed by atoms with Crippen LogP contribution in [0.25, 0.3) is 0 Å². The van der Waals surface area contributed by atoms with E-state index in [9.17, 15) is 0 Å². The molecule has 0 radical (unpaired) electrons. The third kappa shape index (κ3) is 6.79. The van der Waals surface area contributed by atoms with E-state index in [0.717, 1.165) is 12.0 Å². The number of hydrogen-bond acceptors (Lipinski definition) is 3. The lowest BCUT2D eigenvalue weighted by atomic mass is 10.6. The summed E-state index contributed by atoms with van der Waals surface area (Å²) in [4.78, 5) is 4.26. The van der Waals surface area contributed by atoms with Crippen LogP contribution in [0.2, 0.25) is 0 Å². The zero-order chi connectivity index (χ0) is 7.66. The van der Waals surface area contributed by atoms with Crippen LogP contribution in [0.4, 0.5) is 0 Å². The molecule has 0 bridgehead atoms. The van der Waals surface area contributed by atoms with Gasteiger partial charge in [0.15, 0.2) is 6.11 Å². The van der Waals surface area contributed by atoms with E-state index in [1.807, 2.05) is 0 Å². The van der Waals surface area contributed by atoms with Crippen LogP contribution in [0, 0.1) is 36.2 Å². The molecule has 0 unspecified atom stereocenters. The monoisotopic (exact) mass is 152 g/mol. The Hall–Kier alpha value is -1.21. The Morgan fingerprint density at radius 1 is 1.30 bits per heavy atom. The van der Waals surface area contributed by atoms with E-state index in [4.69, 9.17) is 6.42 Å². The minimum absolute atomic E-state index is 1.05. The summed E-state index contributed by atoms with van der Waals surface area (Å²) in [5.41, 5.74) is 0. The van der Waals surface area contributed by atoms with Gasteiger partial charge in [0.1, 0.15) is 0 Å². The predicted molar refractivity (Wildman–Crippen MR) is 40.1 cm³/mol. The van der Waals surface area contributed by atoms with Crippen molar-refractivity contribution >= 4 is 12.0 Å². The van der Waals surface area contributed by atoms with E-state index in [0.29, 0.717) is 0 Å². The van der Waals surface area contributed by atoms with E-state index in [1.165, 1.54) is 0 Å². The third-order valence-corrected chi connectivity index (χ3v) is 0.596. The van der Waals surface area contributed by atoms with Gasteiger partial charge in [-0.25, -0.2) is 0 Å². The Balaban J connectivity index is 3.43. The van der Waals surface area contributed by atoms with E-state index >= 15 is 0 Å². The molecule has 0 N–H and O–H groups in total. The van der Waals surface area contributed by atoms with Crippen LogP contribution in [0.1, 0.15) is 0 Å². The smallest absolute Gasteiger partial charge is 0.172 e. The molecule has 0 aromatic heterocycles. The van der Waals surface area contributed by atoms with Crippen LogP contribution in [0.15, 0.2) is 0 Å². The highest BCUT2D eigenvalue weighted by molar-refractivity contribution is 7.93. The SMILES string of the molecule is C#CC#CC#COOSC. The molecule has 2 nitrogen and oxygen atoms in total. The lowest BCUT2D eigenvalue weighted by Crippen LogP contribution is -1.72. The highest BCUT2D eigenvalue weighted by Crippen LogP contribution is 1.92. The van der Waals surface area contributed by atoms with Crippen LogP contribution in [-0.2, 0) is 9.22 Å². The maximum absolute atomic E-state index is 4.80. The normalized spacial score (nSPS) is 5.60. The molecule has 50 valence electrons. The summed E-state index contributed by atoms with van der Waals surface area (Å²) >= 11 is 1.05. The predicted octanol–water partition coefficient (Wildman–Crippen LogP) is 0.810. The van der Waals surface area contributed by atoms with Crippen molar-refractivity contribution in [2.24, 2.45) is 0 Å². The Morgan fingerprint density at radius 2 is 2.10 bits per heavy atom. The van der Waals surface area contributed by atoms with Crippen molar-refractivity contribution in [3.8, 4) is 36.2 Å². The molecule has 10 heavy (non-hydrogen) atoms. The molecule has 0 atom stereocenters. The first-order valence-electron chi connectivity index (χ1n) is 2.23. The topological polar surface area (TPSA) is 18.5 Å². The molecule has 0 saturated carbocycles. The van der Waals surface area contributed by atoms with Crippen molar-refractivity contribution in [2.75, 3.05) is 6.26 Å². The number of rotatable bonds is 2. The number of hydrogen-bond donors (Lipinski definition) is 0. The van der Waals surface area contributed by atoms with Crippen molar-refractivity contribution < 1.29 is 9.22 Å². The molecule has 3 heteroatoms. The van der Waals surface area contributed by atoms with Gasteiger partial charge in [0.05, 0.1) is 0 Å². The summed E-state index contributed by atoms with van der Waals surface area (Å²) in [6, 6.07) is 0. The van der Waals surface area contributed by atoms with Crippen molar-refractivity contribution in [3.63, 3.8) is 0 Å². The molecule has 0 rings (SSSR count). The summed E-state index contributed by atoms with van der Waals surface area (Å²) in [6.07, 6.45) is 8.66. The summed E-state index contributed by atoms with van der Waals surface area (Å²) < 4.78 is 4.34. The van der Waals surface area contributed by atoms with Crippen molar-refractivity contribution in [2.45, 2.75) is 0 Å². The van der Waals surface area contributed by atoms with Crippen LogP contribution in [0.5, 0.6) is 0 Å². The largest absolute Gasteiger partial charge is 0.269 e. The molecular weight excluding hydrogens is 148 g/mol. The Labute approximate surface area is 64.4 Å². The fourth-order valence-electron chi connectivity index (χ4n) is 0.165. The van der Waals surface area contributed by atoms with Gasteiger partial charge in [-0.2, -0.15) is 0 Å². The molecule has 0 saturated heterocycles. The second kappa shape index (κ2) is 7.79. The Morgan fingerprint density at radius 3 is 2.70 bits per heavy atom. The van der Waals surface area contributed by atoms with Gasteiger partial charge in [-0.15, -0.1) is 10.8 Å². The Bertz CT molecular complexity index is 230. The number of terminal acetylenes is 1. The fraction of sp³-hybridized carbons (Fsp3) is 0.143. The van der Waals surface area contributed by atoms with Gasteiger partial charge in [-0.05, 0) is 11.8 Å². The molecule has 0 fully saturated rings. The van der Waals surface area contributed by atoms with Gasteiger partial charge in [0.2, 0.25) is 0 Å². The lowest BCUT2D eigenvalue weighted by Gasteiger charge is -1.84. The van der Waals surface area contributed by atoms with Crippen LogP contribution in [0.3, 0.4) is 0 Å². The highest BCUT2D eigenvalue weighted by Gasteiger charge is 1.71. The van der Waals surface area contributed by atoms with Crippen molar-refractivity contribution in [3.05, 3.63) is 0 Å². The van der Waals surface area contributed by atoms with Gasteiger partial charge < -0.3 is 0 Å². The summed E-state index contributed by atoms with van der Waals surface area (Å²) in [5, 5.41) is 0. The van der Waals surface area contributed by atoms with Crippen LogP contribution in [-0.4, -0.2) is 6.26 Å². The molecule has 0 aromatic rings. The van der Waals surface area contributed by atoms with Gasteiger partial charge >= 0.3 is 0 Å².